The number of hydrogen-bond acceptors (Lipinski definition) is 6. The largest absolute Gasteiger partial charge is 0.468 e. The maximum Gasteiger partial charge on any atom is 0.247 e. The summed E-state index contributed by atoms with van der Waals surface area (Å²) in [6.45, 7) is 5.29. The minimum absolute atomic E-state index is 0.282. The number of nitrogens with zero attached hydrogens (tertiary/aromatic N) is 4. The number of piperazine rings is 1. The van der Waals surface area contributed by atoms with Crippen molar-refractivity contribution in [2.45, 2.75) is 13.1 Å². The molecule has 6 nitrogen and oxygen atoms in total. The normalized spacial score (nSPS) is 16.4. The summed E-state index contributed by atoms with van der Waals surface area (Å²) < 4.78 is 24.1. The average molecular weight is 342 g/mol. The lowest BCUT2D eigenvalue weighted by atomic mass is 10.2. The van der Waals surface area contributed by atoms with Crippen molar-refractivity contribution < 1.29 is 13.2 Å². The molecule has 0 radical (unpaired) electrons. The zero-order valence-corrected chi connectivity index (χ0v) is 13.8. The third kappa shape index (κ3) is 3.94. The van der Waals surface area contributed by atoms with Gasteiger partial charge in [-0.3, -0.25) is 9.80 Å². The van der Waals surface area contributed by atoms with Crippen LogP contribution >= 0.6 is 0 Å². The van der Waals surface area contributed by atoms with E-state index >= 15 is 0 Å². The predicted octanol–water partition coefficient (Wildman–Crippen LogP) is 2.79. The highest BCUT2D eigenvalue weighted by molar-refractivity contribution is 5.51. The van der Waals surface area contributed by atoms with E-state index in [-0.39, 0.29) is 5.82 Å². The molecule has 0 spiro atoms. The maximum absolute atomic E-state index is 13.0. The predicted molar refractivity (Wildman–Crippen MR) is 89.0 cm³/mol. The smallest absolute Gasteiger partial charge is 0.247 e. The molecular formula is C18H19FN4O2. The summed E-state index contributed by atoms with van der Waals surface area (Å²) in [6, 6.07) is 9.97. The second kappa shape index (κ2) is 7.16. The lowest BCUT2D eigenvalue weighted by Gasteiger charge is -2.33. The molecule has 0 atom stereocenters. The lowest BCUT2D eigenvalue weighted by molar-refractivity contribution is 0.109. The molecule has 1 aromatic carbocycles. The van der Waals surface area contributed by atoms with Gasteiger partial charge in [0, 0.05) is 31.7 Å². The van der Waals surface area contributed by atoms with Crippen LogP contribution in [0.15, 0.2) is 51.5 Å². The van der Waals surface area contributed by atoms with Crippen LogP contribution in [0.2, 0.25) is 0 Å². The highest BCUT2D eigenvalue weighted by atomic mass is 19.1. The van der Waals surface area contributed by atoms with Crippen molar-refractivity contribution in [3.05, 3.63) is 60.1 Å². The van der Waals surface area contributed by atoms with Crippen LogP contribution in [0.4, 0.5) is 4.39 Å². The molecule has 3 heterocycles. The van der Waals surface area contributed by atoms with E-state index in [1.54, 1.807) is 18.4 Å². The van der Waals surface area contributed by atoms with Gasteiger partial charge in [0.25, 0.3) is 0 Å². The van der Waals surface area contributed by atoms with Crippen molar-refractivity contribution >= 4 is 0 Å². The Balaban J connectivity index is 1.31. The van der Waals surface area contributed by atoms with Crippen LogP contribution in [-0.2, 0) is 13.1 Å². The quantitative estimate of drug-likeness (QED) is 0.711. The monoisotopic (exact) mass is 342 g/mol. The zero-order chi connectivity index (χ0) is 17.1. The summed E-state index contributed by atoms with van der Waals surface area (Å²) in [6.07, 6.45) is 1.71. The first-order valence-electron chi connectivity index (χ1n) is 8.32. The fraction of sp³-hybridized carbons (Fsp3) is 0.333. The molecule has 0 unspecified atom stereocenters. The Kier molecular flexibility index (Phi) is 4.58. The molecule has 4 rings (SSSR count). The average Bonchev–Trinajstić information content (AvgIpc) is 3.29. The van der Waals surface area contributed by atoms with Crippen molar-refractivity contribution in [1.82, 2.24) is 20.0 Å². The number of aromatic nitrogens is 2. The van der Waals surface area contributed by atoms with E-state index in [2.05, 4.69) is 20.0 Å². The Morgan fingerprint density at radius 3 is 2.32 bits per heavy atom. The molecule has 1 fully saturated rings. The number of hydrogen-bond donors (Lipinski definition) is 0. The van der Waals surface area contributed by atoms with Crippen molar-refractivity contribution in [3.8, 4) is 11.5 Å². The van der Waals surface area contributed by atoms with Crippen molar-refractivity contribution in [3.63, 3.8) is 0 Å². The van der Waals surface area contributed by atoms with Crippen LogP contribution in [0.3, 0.4) is 0 Å². The molecule has 7 heteroatoms. The number of benzene rings is 1. The van der Waals surface area contributed by atoms with Gasteiger partial charge in [0.05, 0.1) is 19.4 Å². The van der Waals surface area contributed by atoms with E-state index in [4.69, 9.17) is 8.83 Å². The lowest BCUT2D eigenvalue weighted by Crippen LogP contribution is -2.45. The van der Waals surface area contributed by atoms with Crippen LogP contribution in [0, 0.1) is 5.82 Å². The third-order valence-electron chi connectivity index (χ3n) is 4.34. The number of furan rings is 1. The van der Waals surface area contributed by atoms with E-state index < -0.39 is 0 Å². The maximum atomic E-state index is 13.0. The summed E-state index contributed by atoms with van der Waals surface area (Å²) in [7, 11) is 0. The van der Waals surface area contributed by atoms with Gasteiger partial charge in [0.2, 0.25) is 11.8 Å². The molecular weight excluding hydrogens is 323 g/mol. The van der Waals surface area contributed by atoms with Gasteiger partial charge in [-0.15, -0.1) is 10.2 Å². The fourth-order valence-corrected chi connectivity index (χ4v) is 2.95. The Morgan fingerprint density at radius 1 is 0.920 bits per heavy atom. The van der Waals surface area contributed by atoms with Crippen LogP contribution in [-0.4, -0.2) is 46.2 Å². The van der Waals surface area contributed by atoms with Crippen molar-refractivity contribution in [2.24, 2.45) is 0 Å². The number of halogens is 1. The molecule has 0 amide bonds. The Morgan fingerprint density at radius 2 is 1.64 bits per heavy atom. The second-order valence-electron chi connectivity index (χ2n) is 6.14. The first kappa shape index (κ1) is 16.0. The van der Waals surface area contributed by atoms with E-state index in [0.717, 1.165) is 44.0 Å². The molecule has 1 saturated heterocycles. The van der Waals surface area contributed by atoms with Gasteiger partial charge in [0.1, 0.15) is 11.6 Å². The van der Waals surface area contributed by atoms with E-state index in [1.165, 1.54) is 12.1 Å². The van der Waals surface area contributed by atoms with Gasteiger partial charge in [0.15, 0.2) is 0 Å². The molecule has 0 aliphatic carbocycles. The van der Waals surface area contributed by atoms with Crippen LogP contribution in [0.5, 0.6) is 0 Å². The molecule has 0 N–H and O–H groups in total. The molecule has 2 aromatic heterocycles. The van der Waals surface area contributed by atoms with Gasteiger partial charge >= 0.3 is 0 Å². The van der Waals surface area contributed by atoms with E-state index in [1.807, 2.05) is 12.1 Å². The second-order valence-corrected chi connectivity index (χ2v) is 6.14. The Hall–Kier alpha value is -2.51. The summed E-state index contributed by atoms with van der Waals surface area (Å²) in [5.41, 5.74) is 0.725. The van der Waals surface area contributed by atoms with Gasteiger partial charge in [-0.05, 0) is 36.4 Å². The molecule has 1 aliphatic heterocycles. The highest BCUT2D eigenvalue weighted by Crippen LogP contribution is 2.19. The van der Waals surface area contributed by atoms with Gasteiger partial charge in [-0.25, -0.2) is 4.39 Å². The molecule has 25 heavy (non-hydrogen) atoms. The van der Waals surface area contributed by atoms with Gasteiger partial charge < -0.3 is 8.83 Å². The van der Waals surface area contributed by atoms with Gasteiger partial charge in [-0.1, -0.05) is 0 Å². The first-order chi connectivity index (χ1) is 12.3. The van der Waals surface area contributed by atoms with Crippen molar-refractivity contribution in [2.75, 3.05) is 26.2 Å². The van der Waals surface area contributed by atoms with Crippen molar-refractivity contribution in [1.29, 1.82) is 0 Å². The van der Waals surface area contributed by atoms with Gasteiger partial charge in [-0.2, -0.15) is 0 Å². The Bertz CT molecular complexity index is 793. The highest BCUT2D eigenvalue weighted by Gasteiger charge is 2.20. The third-order valence-corrected chi connectivity index (χ3v) is 4.34. The fourth-order valence-electron chi connectivity index (χ4n) is 2.95. The molecule has 130 valence electrons. The SMILES string of the molecule is Fc1ccc(-c2nnc(CN3CCN(Cc4ccco4)CC3)o2)cc1. The van der Waals surface area contributed by atoms with Crippen LogP contribution in [0.25, 0.3) is 11.5 Å². The van der Waals surface area contributed by atoms with E-state index in [9.17, 15) is 4.39 Å². The summed E-state index contributed by atoms with van der Waals surface area (Å²) in [5, 5.41) is 8.17. The molecule has 1 aliphatic rings. The molecule has 3 aromatic rings. The molecule has 0 bridgehead atoms. The zero-order valence-electron chi connectivity index (χ0n) is 13.8. The standard InChI is InChI=1S/C18H19FN4O2/c19-15-5-3-14(4-6-15)18-21-20-17(25-18)13-23-9-7-22(8-10-23)12-16-2-1-11-24-16/h1-6,11H,7-10,12-13H2. The summed E-state index contributed by atoms with van der Waals surface area (Å²) in [5.74, 6) is 1.72. The van der Waals surface area contributed by atoms with Crippen LogP contribution < -0.4 is 0 Å². The first-order valence-corrected chi connectivity index (χ1v) is 8.32. The summed E-state index contributed by atoms with van der Waals surface area (Å²) in [4.78, 5) is 4.66. The topological polar surface area (TPSA) is 58.5 Å². The minimum Gasteiger partial charge on any atom is -0.468 e. The Labute approximate surface area is 144 Å². The minimum atomic E-state index is -0.282. The number of rotatable bonds is 5. The molecule has 0 saturated carbocycles. The summed E-state index contributed by atoms with van der Waals surface area (Å²) >= 11 is 0. The van der Waals surface area contributed by atoms with Crippen LogP contribution in [0.1, 0.15) is 11.7 Å². The van der Waals surface area contributed by atoms with E-state index in [0.29, 0.717) is 18.3 Å².